The van der Waals surface area contributed by atoms with Crippen molar-refractivity contribution in [1.29, 1.82) is 0 Å². The van der Waals surface area contributed by atoms with Crippen LogP contribution in [0.1, 0.15) is 12.0 Å². The molecule has 0 aliphatic carbocycles. The van der Waals surface area contributed by atoms with Crippen molar-refractivity contribution in [2.75, 3.05) is 13.1 Å². The molecule has 1 N–H and O–H groups in total. The van der Waals surface area contributed by atoms with Crippen molar-refractivity contribution in [1.82, 2.24) is 5.32 Å². The maximum Gasteiger partial charge on any atom is 0.0418 e. The van der Waals surface area contributed by atoms with Crippen LogP contribution in [0.15, 0.2) is 35.7 Å². The van der Waals surface area contributed by atoms with Gasteiger partial charge in [-0.05, 0) is 40.9 Å². The fourth-order valence-corrected chi connectivity index (χ4v) is 3.04. The number of hydrogen-bond acceptors (Lipinski definition) is 2. The largest absolute Gasteiger partial charge is 0.312 e. The highest BCUT2D eigenvalue weighted by molar-refractivity contribution is 7.17. The van der Waals surface area contributed by atoms with Crippen molar-refractivity contribution in [3.8, 4) is 0 Å². The number of thiophene rings is 1. The Balaban J connectivity index is 2.17. The lowest BCUT2D eigenvalue weighted by Crippen LogP contribution is -2.21. The maximum absolute atomic E-state index is 3.43. The molecule has 0 saturated heterocycles. The first kappa shape index (κ1) is 9.13. The van der Waals surface area contributed by atoms with Crippen molar-refractivity contribution in [2.24, 2.45) is 0 Å². The second kappa shape index (κ2) is 3.80. The fourth-order valence-electron chi connectivity index (χ4n) is 2.09. The standard InChI is InChI=1S/C13H13NS/c1-3-10-6-8-15-13(10)12(5-1)11-4-2-7-14-9-11/h1,3-6,8,14H,2,7,9H2. The Morgan fingerprint density at radius 3 is 3.07 bits per heavy atom. The highest BCUT2D eigenvalue weighted by Gasteiger charge is 2.09. The van der Waals surface area contributed by atoms with E-state index in [0.717, 1.165) is 19.5 Å². The van der Waals surface area contributed by atoms with Gasteiger partial charge in [0.25, 0.3) is 0 Å². The third kappa shape index (κ3) is 1.60. The molecule has 1 aliphatic heterocycles. The van der Waals surface area contributed by atoms with E-state index in [-0.39, 0.29) is 0 Å². The number of hydrogen-bond donors (Lipinski definition) is 1. The molecular weight excluding hydrogens is 202 g/mol. The van der Waals surface area contributed by atoms with Crippen molar-refractivity contribution >= 4 is 27.0 Å². The Bertz CT molecular complexity index is 510. The quantitative estimate of drug-likeness (QED) is 0.769. The van der Waals surface area contributed by atoms with Crippen molar-refractivity contribution in [3.05, 3.63) is 41.3 Å². The van der Waals surface area contributed by atoms with Crippen LogP contribution in [-0.4, -0.2) is 13.1 Å². The molecule has 0 unspecified atom stereocenters. The molecule has 15 heavy (non-hydrogen) atoms. The SMILES string of the molecule is C1=C(c2cccc3ccsc23)CNCC1. The average Bonchev–Trinajstić information content (AvgIpc) is 2.78. The molecule has 1 nitrogen and oxygen atoms in total. The summed E-state index contributed by atoms with van der Waals surface area (Å²) in [5.41, 5.74) is 2.86. The molecule has 0 fully saturated rings. The lowest BCUT2D eigenvalue weighted by Gasteiger charge is -2.15. The molecule has 76 valence electrons. The molecule has 0 radical (unpaired) electrons. The summed E-state index contributed by atoms with van der Waals surface area (Å²) in [7, 11) is 0. The van der Waals surface area contributed by atoms with Gasteiger partial charge < -0.3 is 5.32 Å². The number of fused-ring (bicyclic) bond motifs is 1. The van der Waals surface area contributed by atoms with E-state index in [0.29, 0.717) is 0 Å². The van der Waals surface area contributed by atoms with E-state index in [4.69, 9.17) is 0 Å². The minimum absolute atomic E-state index is 1.01. The second-order valence-corrected chi connectivity index (χ2v) is 4.76. The van der Waals surface area contributed by atoms with Gasteiger partial charge >= 0.3 is 0 Å². The van der Waals surface area contributed by atoms with Crippen LogP contribution in [0.4, 0.5) is 0 Å². The van der Waals surface area contributed by atoms with Gasteiger partial charge in [0.1, 0.15) is 0 Å². The monoisotopic (exact) mass is 215 g/mol. The van der Waals surface area contributed by atoms with Gasteiger partial charge in [0.05, 0.1) is 0 Å². The first-order chi connectivity index (χ1) is 7.45. The van der Waals surface area contributed by atoms with Gasteiger partial charge in [0.2, 0.25) is 0 Å². The lowest BCUT2D eigenvalue weighted by atomic mass is 10.0. The van der Waals surface area contributed by atoms with E-state index in [1.54, 1.807) is 0 Å². The highest BCUT2D eigenvalue weighted by atomic mass is 32.1. The first-order valence-corrected chi connectivity index (χ1v) is 6.19. The van der Waals surface area contributed by atoms with E-state index in [1.807, 2.05) is 11.3 Å². The average molecular weight is 215 g/mol. The van der Waals surface area contributed by atoms with Crippen LogP contribution in [0.5, 0.6) is 0 Å². The molecule has 0 saturated carbocycles. The fraction of sp³-hybridized carbons (Fsp3) is 0.231. The lowest BCUT2D eigenvalue weighted by molar-refractivity contribution is 0.739. The van der Waals surface area contributed by atoms with E-state index in [2.05, 4.69) is 41.0 Å². The summed E-state index contributed by atoms with van der Waals surface area (Å²) in [5.74, 6) is 0. The van der Waals surface area contributed by atoms with Crippen molar-refractivity contribution in [2.45, 2.75) is 6.42 Å². The molecule has 3 rings (SSSR count). The molecule has 1 aliphatic rings. The molecule has 0 amide bonds. The summed E-state index contributed by atoms with van der Waals surface area (Å²) in [5, 5.41) is 6.96. The summed E-state index contributed by atoms with van der Waals surface area (Å²) in [4.78, 5) is 0. The molecule has 1 aromatic carbocycles. The molecule has 1 aromatic heterocycles. The highest BCUT2D eigenvalue weighted by Crippen LogP contribution is 2.30. The molecule has 0 atom stereocenters. The number of nitrogens with one attached hydrogen (secondary N) is 1. The Labute approximate surface area is 93.4 Å². The Kier molecular flexibility index (Phi) is 2.31. The maximum atomic E-state index is 3.43. The van der Waals surface area contributed by atoms with Gasteiger partial charge in [-0.15, -0.1) is 11.3 Å². The predicted molar refractivity (Wildman–Crippen MR) is 67.3 cm³/mol. The normalized spacial score (nSPS) is 16.7. The van der Waals surface area contributed by atoms with Crippen LogP contribution in [0.3, 0.4) is 0 Å². The predicted octanol–water partition coefficient (Wildman–Crippen LogP) is 3.28. The van der Waals surface area contributed by atoms with Gasteiger partial charge in [-0.1, -0.05) is 24.3 Å². The molecule has 2 heterocycles. The Hall–Kier alpha value is -1.12. The summed E-state index contributed by atoms with van der Waals surface area (Å²) in [6.45, 7) is 2.13. The van der Waals surface area contributed by atoms with Crippen LogP contribution in [0.2, 0.25) is 0 Å². The molecule has 2 heteroatoms. The molecule has 0 spiro atoms. The van der Waals surface area contributed by atoms with Gasteiger partial charge in [-0.3, -0.25) is 0 Å². The zero-order valence-corrected chi connectivity index (χ0v) is 9.31. The third-order valence-electron chi connectivity index (χ3n) is 2.85. The Morgan fingerprint density at radius 1 is 1.20 bits per heavy atom. The van der Waals surface area contributed by atoms with Crippen LogP contribution in [0, 0.1) is 0 Å². The Morgan fingerprint density at radius 2 is 2.20 bits per heavy atom. The minimum atomic E-state index is 1.01. The topological polar surface area (TPSA) is 12.0 Å². The van der Waals surface area contributed by atoms with Crippen LogP contribution >= 0.6 is 11.3 Å². The third-order valence-corrected chi connectivity index (χ3v) is 3.82. The minimum Gasteiger partial charge on any atom is -0.312 e. The summed E-state index contributed by atoms with van der Waals surface area (Å²) in [6, 6.07) is 8.77. The molecule has 2 aromatic rings. The molecule has 0 bridgehead atoms. The van der Waals surface area contributed by atoms with Gasteiger partial charge in [0.15, 0.2) is 0 Å². The van der Waals surface area contributed by atoms with Crippen molar-refractivity contribution in [3.63, 3.8) is 0 Å². The smallest absolute Gasteiger partial charge is 0.0418 e. The van der Waals surface area contributed by atoms with E-state index in [9.17, 15) is 0 Å². The summed E-state index contributed by atoms with van der Waals surface area (Å²) >= 11 is 1.84. The summed E-state index contributed by atoms with van der Waals surface area (Å²) < 4.78 is 1.42. The van der Waals surface area contributed by atoms with E-state index < -0.39 is 0 Å². The van der Waals surface area contributed by atoms with Gasteiger partial charge in [0, 0.05) is 11.2 Å². The van der Waals surface area contributed by atoms with Gasteiger partial charge in [-0.2, -0.15) is 0 Å². The van der Waals surface area contributed by atoms with Gasteiger partial charge in [-0.25, -0.2) is 0 Å². The number of rotatable bonds is 1. The molecular formula is C13H13NS. The van der Waals surface area contributed by atoms with Crippen LogP contribution < -0.4 is 5.32 Å². The van der Waals surface area contributed by atoms with Crippen LogP contribution in [-0.2, 0) is 0 Å². The zero-order valence-electron chi connectivity index (χ0n) is 8.49. The van der Waals surface area contributed by atoms with E-state index >= 15 is 0 Å². The summed E-state index contributed by atoms with van der Waals surface area (Å²) in [6.07, 6.45) is 3.52. The van der Waals surface area contributed by atoms with Crippen LogP contribution in [0.25, 0.3) is 15.7 Å². The first-order valence-electron chi connectivity index (χ1n) is 5.31. The zero-order chi connectivity index (χ0) is 10.1. The van der Waals surface area contributed by atoms with Crippen molar-refractivity contribution < 1.29 is 0 Å². The van der Waals surface area contributed by atoms with E-state index in [1.165, 1.54) is 21.2 Å². The number of benzene rings is 1. The second-order valence-electron chi connectivity index (χ2n) is 3.84.